The van der Waals surface area contributed by atoms with Gasteiger partial charge in [-0.25, -0.2) is 0 Å². The van der Waals surface area contributed by atoms with Gasteiger partial charge < -0.3 is 15.8 Å². The van der Waals surface area contributed by atoms with Crippen LogP contribution in [0.25, 0.3) is 0 Å². The molecule has 1 aliphatic rings. The first-order chi connectivity index (χ1) is 8.12. The Labute approximate surface area is 128 Å². The van der Waals surface area contributed by atoms with E-state index < -0.39 is 0 Å². The first kappa shape index (κ1) is 18.0. The lowest BCUT2D eigenvalue weighted by molar-refractivity contribution is 0.129. The Bertz CT molecular complexity index is 255. The van der Waals surface area contributed by atoms with E-state index in [0.29, 0.717) is 17.4 Å². The quantitative estimate of drug-likeness (QED) is 0.299. The van der Waals surface area contributed by atoms with Gasteiger partial charge in [0.25, 0.3) is 0 Å². The van der Waals surface area contributed by atoms with Crippen LogP contribution in [-0.4, -0.2) is 31.8 Å². The lowest BCUT2D eigenvalue weighted by atomic mass is 10.0. The summed E-state index contributed by atoms with van der Waals surface area (Å²) in [6.45, 7) is 8.78. The van der Waals surface area contributed by atoms with Crippen LogP contribution in [0.15, 0.2) is 4.99 Å². The summed E-state index contributed by atoms with van der Waals surface area (Å²) in [6.07, 6.45) is 4.70. The Morgan fingerprint density at radius 1 is 1.44 bits per heavy atom. The van der Waals surface area contributed by atoms with Gasteiger partial charge in [-0.2, -0.15) is 0 Å². The van der Waals surface area contributed by atoms with Crippen LogP contribution in [0, 0.1) is 5.41 Å². The summed E-state index contributed by atoms with van der Waals surface area (Å²) in [6, 6.07) is 0.400. The minimum atomic E-state index is 0. The van der Waals surface area contributed by atoms with Crippen LogP contribution in [0.2, 0.25) is 0 Å². The Morgan fingerprint density at radius 3 is 2.61 bits per heavy atom. The molecule has 1 fully saturated rings. The molecule has 0 bridgehead atoms. The minimum absolute atomic E-state index is 0. The van der Waals surface area contributed by atoms with E-state index in [4.69, 9.17) is 10.5 Å². The number of hydrogen-bond donors (Lipinski definition) is 2. The van der Waals surface area contributed by atoms with Crippen LogP contribution in [0.3, 0.4) is 0 Å². The Balaban J connectivity index is 0.00000289. The summed E-state index contributed by atoms with van der Waals surface area (Å²) in [5.41, 5.74) is 6.23. The summed E-state index contributed by atoms with van der Waals surface area (Å²) >= 11 is 0. The van der Waals surface area contributed by atoms with Crippen LogP contribution >= 0.6 is 24.0 Å². The van der Waals surface area contributed by atoms with E-state index in [0.717, 1.165) is 32.6 Å². The Morgan fingerprint density at radius 2 is 2.11 bits per heavy atom. The Kier molecular flexibility index (Phi) is 8.94. The Hall–Kier alpha value is -0.0400. The molecular weight excluding hydrogens is 341 g/mol. The smallest absolute Gasteiger partial charge is 0.188 e. The molecule has 0 aromatic carbocycles. The molecule has 1 atom stereocenters. The number of halogens is 1. The predicted octanol–water partition coefficient (Wildman–Crippen LogP) is 2.51. The average molecular weight is 369 g/mol. The molecule has 5 heteroatoms. The van der Waals surface area contributed by atoms with Crippen molar-refractivity contribution in [2.75, 3.05) is 19.8 Å². The lowest BCUT2D eigenvalue weighted by Gasteiger charge is -2.15. The van der Waals surface area contributed by atoms with Gasteiger partial charge in [0.15, 0.2) is 5.96 Å². The molecular formula is C13H28IN3O. The van der Waals surface area contributed by atoms with Crippen LogP contribution in [0.1, 0.15) is 46.5 Å². The molecule has 4 nitrogen and oxygen atoms in total. The molecule has 0 heterocycles. The molecule has 0 radical (unpaired) electrons. The number of hydrogen-bond acceptors (Lipinski definition) is 2. The standard InChI is InChI=1S/C13H27N3O.HI/c1-4-11(3)16-12(14)15-10-13(6-7-13)8-9-17-5-2;/h11H,4-10H2,1-3H3,(H3,14,15,16);1H. The molecule has 0 aliphatic heterocycles. The number of nitrogens with two attached hydrogens (primary N) is 1. The zero-order valence-corrected chi connectivity index (χ0v) is 14.2. The number of rotatable bonds is 8. The van der Waals surface area contributed by atoms with Gasteiger partial charge in [-0.15, -0.1) is 24.0 Å². The van der Waals surface area contributed by atoms with Crippen LogP contribution in [0.5, 0.6) is 0 Å². The van der Waals surface area contributed by atoms with E-state index in [-0.39, 0.29) is 24.0 Å². The highest BCUT2D eigenvalue weighted by atomic mass is 127. The van der Waals surface area contributed by atoms with Crippen molar-refractivity contribution in [1.82, 2.24) is 5.32 Å². The number of guanidine groups is 1. The van der Waals surface area contributed by atoms with E-state index in [2.05, 4.69) is 24.2 Å². The van der Waals surface area contributed by atoms with E-state index in [1.807, 2.05) is 6.92 Å². The average Bonchev–Trinajstić information content (AvgIpc) is 3.07. The zero-order chi connectivity index (χ0) is 12.7. The number of ether oxygens (including phenoxy) is 1. The maximum atomic E-state index is 5.85. The molecule has 1 unspecified atom stereocenters. The highest BCUT2D eigenvalue weighted by Gasteiger charge is 2.41. The summed E-state index contributed by atoms with van der Waals surface area (Å²) in [7, 11) is 0. The molecule has 0 aromatic heterocycles. The second-order valence-electron chi connectivity index (χ2n) is 5.10. The van der Waals surface area contributed by atoms with Crippen molar-refractivity contribution in [2.45, 2.75) is 52.5 Å². The molecule has 18 heavy (non-hydrogen) atoms. The molecule has 0 aromatic rings. The van der Waals surface area contributed by atoms with E-state index in [1.165, 1.54) is 12.8 Å². The minimum Gasteiger partial charge on any atom is -0.382 e. The van der Waals surface area contributed by atoms with Gasteiger partial charge in [-0.05, 0) is 44.9 Å². The summed E-state index contributed by atoms with van der Waals surface area (Å²) in [5, 5.41) is 3.19. The molecule has 0 saturated heterocycles. The number of aliphatic imine (C=N–C) groups is 1. The zero-order valence-electron chi connectivity index (χ0n) is 11.9. The van der Waals surface area contributed by atoms with Crippen molar-refractivity contribution in [3.63, 3.8) is 0 Å². The molecule has 0 spiro atoms. The van der Waals surface area contributed by atoms with E-state index >= 15 is 0 Å². The third-order valence-electron chi connectivity index (χ3n) is 3.53. The summed E-state index contributed by atoms with van der Waals surface area (Å²) < 4.78 is 5.40. The second-order valence-corrected chi connectivity index (χ2v) is 5.10. The van der Waals surface area contributed by atoms with Crippen molar-refractivity contribution in [2.24, 2.45) is 16.1 Å². The molecule has 3 N–H and O–H groups in total. The maximum Gasteiger partial charge on any atom is 0.188 e. The molecule has 0 amide bonds. The van der Waals surface area contributed by atoms with Gasteiger partial charge in [0, 0.05) is 25.8 Å². The van der Waals surface area contributed by atoms with Gasteiger partial charge in [-0.1, -0.05) is 6.92 Å². The SMILES string of the molecule is CCOCCC1(CN=C(N)NC(C)CC)CC1.I. The number of nitrogens with one attached hydrogen (secondary N) is 1. The van der Waals surface area contributed by atoms with Crippen molar-refractivity contribution in [1.29, 1.82) is 0 Å². The second kappa shape index (κ2) is 8.96. The van der Waals surface area contributed by atoms with E-state index in [9.17, 15) is 0 Å². The largest absolute Gasteiger partial charge is 0.382 e. The van der Waals surface area contributed by atoms with Gasteiger partial charge in [0.05, 0.1) is 0 Å². The molecule has 1 aliphatic carbocycles. The third-order valence-corrected chi connectivity index (χ3v) is 3.53. The summed E-state index contributed by atoms with van der Waals surface area (Å²) in [5.74, 6) is 0.585. The lowest BCUT2D eigenvalue weighted by Crippen LogP contribution is -2.38. The van der Waals surface area contributed by atoms with Crippen molar-refractivity contribution >= 4 is 29.9 Å². The highest BCUT2D eigenvalue weighted by Crippen LogP contribution is 2.48. The van der Waals surface area contributed by atoms with E-state index in [1.54, 1.807) is 0 Å². The molecule has 1 saturated carbocycles. The monoisotopic (exact) mass is 369 g/mol. The van der Waals surface area contributed by atoms with Gasteiger partial charge in [0.1, 0.15) is 0 Å². The van der Waals surface area contributed by atoms with Crippen molar-refractivity contribution in [3.05, 3.63) is 0 Å². The number of nitrogens with zero attached hydrogens (tertiary/aromatic N) is 1. The normalized spacial score (nSPS) is 18.9. The highest BCUT2D eigenvalue weighted by molar-refractivity contribution is 14.0. The van der Waals surface area contributed by atoms with Crippen molar-refractivity contribution in [3.8, 4) is 0 Å². The summed E-state index contributed by atoms with van der Waals surface area (Å²) in [4.78, 5) is 4.45. The predicted molar refractivity (Wildman–Crippen MR) is 87.6 cm³/mol. The maximum absolute atomic E-state index is 5.85. The fourth-order valence-electron chi connectivity index (χ4n) is 1.75. The van der Waals surface area contributed by atoms with Gasteiger partial charge >= 0.3 is 0 Å². The van der Waals surface area contributed by atoms with Crippen LogP contribution in [-0.2, 0) is 4.74 Å². The fraction of sp³-hybridized carbons (Fsp3) is 0.923. The van der Waals surface area contributed by atoms with Crippen LogP contribution in [0.4, 0.5) is 0 Å². The molecule has 1 rings (SSSR count). The third kappa shape index (κ3) is 6.78. The first-order valence-electron chi connectivity index (χ1n) is 6.76. The van der Waals surface area contributed by atoms with Crippen LogP contribution < -0.4 is 11.1 Å². The topological polar surface area (TPSA) is 59.6 Å². The molecule has 108 valence electrons. The van der Waals surface area contributed by atoms with Crippen molar-refractivity contribution < 1.29 is 4.74 Å². The van der Waals surface area contributed by atoms with Gasteiger partial charge in [0.2, 0.25) is 0 Å². The first-order valence-corrected chi connectivity index (χ1v) is 6.76. The van der Waals surface area contributed by atoms with Gasteiger partial charge in [-0.3, -0.25) is 4.99 Å². The fourth-order valence-corrected chi connectivity index (χ4v) is 1.75.